The van der Waals surface area contributed by atoms with Crippen LogP contribution in [0.1, 0.15) is 11.1 Å². The Labute approximate surface area is 95.9 Å². The van der Waals surface area contributed by atoms with Gasteiger partial charge in [0.05, 0.1) is 7.11 Å². The van der Waals surface area contributed by atoms with Crippen LogP contribution in [0.15, 0.2) is 48.8 Å². The summed E-state index contributed by atoms with van der Waals surface area (Å²) in [6, 6.07) is 12.3. The van der Waals surface area contributed by atoms with Gasteiger partial charge in [0.2, 0.25) is 0 Å². The summed E-state index contributed by atoms with van der Waals surface area (Å²) in [5.74, 6) is 0.908. The molecule has 0 spiro atoms. The minimum absolute atomic E-state index is 0.908. The Bertz CT molecular complexity index is 422. The second-order valence-electron chi connectivity index (χ2n) is 3.71. The molecular weight excluding hydrogens is 198 g/mol. The van der Waals surface area contributed by atoms with Crippen LogP contribution in [0.5, 0.6) is 5.75 Å². The number of benzene rings is 1. The van der Waals surface area contributed by atoms with E-state index in [-0.39, 0.29) is 0 Å². The molecule has 0 saturated heterocycles. The molecule has 0 amide bonds. The molecule has 2 heteroatoms. The fourth-order valence-electron chi connectivity index (χ4n) is 1.63. The molecule has 2 rings (SSSR count). The van der Waals surface area contributed by atoms with Crippen LogP contribution in [0.2, 0.25) is 0 Å². The Balaban J connectivity index is 1.94. The molecule has 0 radical (unpaired) electrons. The van der Waals surface area contributed by atoms with Crippen molar-refractivity contribution in [2.24, 2.45) is 0 Å². The summed E-state index contributed by atoms with van der Waals surface area (Å²) in [6.45, 7) is 0. The maximum atomic E-state index is 5.12. The lowest BCUT2D eigenvalue weighted by molar-refractivity contribution is 0.414. The number of aryl methyl sites for hydroxylation is 2. The number of rotatable bonds is 4. The second kappa shape index (κ2) is 5.31. The highest BCUT2D eigenvalue weighted by atomic mass is 16.5. The van der Waals surface area contributed by atoms with Crippen molar-refractivity contribution in [3.8, 4) is 5.75 Å². The van der Waals surface area contributed by atoms with E-state index < -0.39 is 0 Å². The Morgan fingerprint density at radius 1 is 1.00 bits per heavy atom. The number of aromatic nitrogens is 1. The summed E-state index contributed by atoms with van der Waals surface area (Å²) >= 11 is 0. The molecule has 1 heterocycles. The lowest BCUT2D eigenvalue weighted by Crippen LogP contribution is -1.92. The van der Waals surface area contributed by atoms with Gasteiger partial charge in [0.15, 0.2) is 0 Å². The maximum Gasteiger partial charge on any atom is 0.118 e. The Morgan fingerprint density at radius 2 is 1.75 bits per heavy atom. The van der Waals surface area contributed by atoms with Gasteiger partial charge in [-0.25, -0.2) is 0 Å². The molecule has 0 aliphatic heterocycles. The number of nitrogens with zero attached hydrogens (tertiary/aromatic N) is 1. The third-order valence-electron chi connectivity index (χ3n) is 2.58. The number of hydrogen-bond donors (Lipinski definition) is 0. The molecule has 2 aromatic rings. The molecule has 0 unspecified atom stereocenters. The summed E-state index contributed by atoms with van der Waals surface area (Å²) in [7, 11) is 1.69. The molecule has 82 valence electrons. The molecular formula is C14H15NO. The van der Waals surface area contributed by atoms with E-state index in [0.29, 0.717) is 0 Å². The van der Waals surface area contributed by atoms with Crippen molar-refractivity contribution in [3.05, 3.63) is 59.9 Å². The number of methoxy groups -OCH3 is 1. The van der Waals surface area contributed by atoms with Gasteiger partial charge in [0, 0.05) is 12.4 Å². The van der Waals surface area contributed by atoms with E-state index in [1.54, 1.807) is 13.3 Å². The zero-order valence-corrected chi connectivity index (χ0v) is 9.39. The minimum Gasteiger partial charge on any atom is -0.497 e. The fourth-order valence-corrected chi connectivity index (χ4v) is 1.63. The van der Waals surface area contributed by atoms with E-state index in [4.69, 9.17) is 4.74 Å². The van der Waals surface area contributed by atoms with Crippen molar-refractivity contribution in [2.75, 3.05) is 7.11 Å². The van der Waals surface area contributed by atoms with E-state index in [9.17, 15) is 0 Å². The first kappa shape index (κ1) is 10.7. The quantitative estimate of drug-likeness (QED) is 0.779. The summed E-state index contributed by atoms with van der Waals surface area (Å²) < 4.78 is 5.12. The Morgan fingerprint density at radius 3 is 2.38 bits per heavy atom. The monoisotopic (exact) mass is 213 g/mol. The third-order valence-corrected chi connectivity index (χ3v) is 2.58. The van der Waals surface area contributed by atoms with Crippen LogP contribution in [-0.2, 0) is 12.8 Å². The highest BCUT2D eigenvalue weighted by Crippen LogP contribution is 2.13. The van der Waals surface area contributed by atoms with Crippen molar-refractivity contribution >= 4 is 0 Å². The molecule has 0 aliphatic carbocycles. The van der Waals surface area contributed by atoms with Crippen LogP contribution in [0.25, 0.3) is 0 Å². The van der Waals surface area contributed by atoms with Gasteiger partial charge in [-0.2, -0.15) is 0 Å². The standard InChI is InChI=1S/C14H15NO/c1-16-14-8-6-12(7-9-14)4-5-13-3-2-10-15-11-13/h2-3,6-11H,4-5H2,1H3. The average Bonchev–Trinajstić information content (AvgIpc) is 2.38. The van der Waals surface area contributed by atoms with Gasteiger partial charge in [0.1, 0.15) is 5.75 Å². The van der Waals surface area contributed by atoms with E-state index in [1.165, 1.54) is 11.1 Å². The van der Waals surface area contributed by atoms with Gasteiger partial charge < -0.3 is 4.74 Å². The lowest BCUT2D eigenvalue weighted by Gasteiger charge is -2.03. The van der Waals surface area contributed by atoms with Gasteiger partial charge in [-0.1, -0.05) is 18.2 Å². The van der Waals surface area contributed by atoms with E-state index >= 15 is 0 Å². The third kappa shape index (κ3) is 2.83. The van der Waals surface area contributed by atoms with Gasteiger partial charge >= 0.3 is 0 Å². The highest BCUT2D eigenvalue weighted by molar-refractivity contribution is 5.27. The van der Waals surface area contributed by atoms with Crippen LogP contribution in [0, 0.1) is 0 Å². The second-order valence-corrected chi connectivity index (χ2v) is 3.71. The number of ether oxygens (including phenoxy) is 1. The first-order valence-electron chi connectivity index (χ1n) is 5.40. The zero-order chi connectivity index (χ0) is 11.2. The molecule has 1 aromatic carbocycles. The molecule has 0 atom stereocenters. The smallest absolute Gasteiger partial charge is 0.118 e. The van der Waals surface area contributed by atoms with Crippen LogP contribution in [0.4, 0.5) is 0 Å². The molecule has 0 fully saturated rings. The van der Waals surface area contributed by atoms with Crippen LogP contribution >= 0.6 is 0 Å². The van der Waals surface area contributed by atoms with Crippen molar-refractivity contribution in [1.29, 1.82) is 0 Å². The lowest BCUT2D eigenvalue weighted by atomic mass is 10.1. The van der Waals surface area contributed by atoms with Crippen molar-refractivity contribution in [3.63, 3.8) is 0 Å². The van der Waals surface area contributed by atoms with E-state index in [1.807, 2.05) is 24.4 Å². The molecule has 0 bridgehead atoms. The van der Waals surface area contributed by atoms with Gasteiger partial charge in [-0.15, -0.1) is 0 Å². The molecule has 1 aromatic heterocycles. The largest absolute Gasteiger partial charge is 0.497 e. The van der Waals surface area contributed by atoms with Crippen molar-refractivity contribution < 1.29 is 4.74 Å². The molecule has 16 heavy (non-hydrogen) atoms. The van der Waals surface area contributed by atoms with E-state index in [0.717, 1.165) is 18.6 Å². The Kier molecular flexibility index (Phi) is 3.54. The number of pyridine rings is 1. The highest BCUT2D eigenvalue weighted by Gasteiger charge is 1.96. The first-order valence-corrected chi connectivity index (χ1v) is 5.40. The molecule has 2 nitrogen and oxygen atoms in total. The van der Waals surface area contributed by atoms with Crippen molar-refractivity contribution in [2.45, 2.75) is 12.8 Å². The van der Waals surface area contributed by atoms with E-state index in [2.05, 4.69) is 23.2 Å². The first-order chi connectivity index (χ1) is 7.88. The Hall–Kier alpha value is -1.83. The fraction of sp³-hybridized carbons (Fsp3) is 0.214. The molecule has 0 N–H and O–H groups in total. The summed E-state index contributed by atoms with van der Waals surface area (Å²) in [4.78, 5) is 4.10. The topological polar surface area (TPSA) is 22.1 Å². The predicted molar refractivity (Wildman–Crippen MR) is 64.6 cm³/mol. The summed E-state index contributed by atoms with van der Waals surface area (Å²) in [5.41, 5.74) is 2.60. The minimum atomic E-state index is 0.908. The van der Waals surface area contributed by atoms with Gasteiger partial charge in [-0.05, 0) is 42.2 Å². The van der Waals surface area contributed by atoms with Crippen LogP contribution in [-0.4, -0.2) is 12.1 Å². The van der Waals surface area contributed by atoms with Crippen LogP contribution in [0.3, 0.4) is 0 Å². The van der Waals surface area contributed by atoms with Crippen LogP contribution < -0.4 is 4.74 Å². The average molecular weight is 213 g/mol. The number of hydrogen-bond acceptors (Lipinski definition) is 2. The molecule has 0 saturated carbocycles. The summed E-state index contributed by atoms with van der Waals surface area (Å²) in [6.07, 6.45) is 5.79. The predicted octanol–water partition coefficient (Wildman–Crippen LogP) is 2.88. The summed E-state index contributed by atoms with van der Waals surface area (Å²) in [5, 5.41) is 0. The maximum absolute atomic E-state index is 5.12. The molecule has 0 aliphatic rings. The van der Waals surface area contributed by atoms with Gasteiger partial charge in [0.25, 0.3) is 0 Å². The zero-order valence-electron chi connectivity index (χ0n) is 9.39. The van der Waals surface area contributed by atoms with Gasteiger partial charge in [-0.3, -0.25) is 4.98 Å². The SMILES string of the molecule is COc1ccc(CCc2cccnc2)cc1. The normalized spacial score (nSPS) is 10.1. The van der Waals surface area contributed by atoms with Crippen molar-refractivity contribution in [1.82, 2.24) is 4.98 Å².